The van der Waals surface area contributed by atoms with Crippen LogP contribution in [0.2, 0.25) is 0 Å². The van der Waals surface area contributed by atoms with E-state index in [1.165, 1.54) is 4.90 Å². The smallest absolute Gasteiger partial charge is 0.388 e. The molecule has 3 rings (SSSR count). The number of amides is 1. The van der Waals surface area contributed by atoms with Gasteiger partial charge in [0.2, 0.25) is 0 Å². The third-order valence-corrected chi connectivity index (χ3v) is 5.20. The van der Waals surface area contributed by atoms with Crippen LogP contribution >= 0.6 is 0 Å². The van der Waals surface area contributed by atoms with Gasteiger partial charge in [-0.3, -0.25) is 9.48 Å². The van der Waals surface area contributed by atoms with Gasteiger partial charge in [-0.2, -0.15) is 18.3 Å². The highest BCUT2D eigenvalue weighted by molar-refractivity contribution is 5.95. The fourth-order valence-corrected chi connectivity index (χ4v) is 3.70. The predicted molar refractivity (Wildman–Crippen MR) is 97.6 cm³/mol. The van der Waals surface area contributed by atoms with E-state index in [0.29, 0.717) is 25.9 Å². The first-order chi connectivity index (χ1) is 13.2. The van der Waals surface area contributed by atoms with Gasteiger partial charge in [-0.15, -0.1) is 0 Å². The number of aliphatic hydroxyl groups excluding tert-OH is 1. The molecule has 1 aromatic carbocycles. The van der Waals surface area contributed by atoms with Crippen LogP contribution in [-0.4, -0.2) is 38.8 Å². The molecule has 0 saturated carbocycles. The topological polar surface area (TPSA) is 58.4 Å². The van der Waals surface area contributed by atoms with Crippen LogP contribution in [0.25, 0.3) is 0 Å². The van der Waals surface area contributed by atoms with E-state index in [4.69, 9.17) is 0 Å². The largest absolute Gasteiger partial charge is 0.433 e. The summed E-state index contributed by atoms with van der Waals surface area (Å²) in [6.45, 7) is 3.79. The van der Waals surface area contributed by atoms with Crippen molar-refractivity contribution >= 4 is 5.91 Å². The zero-order valence-electron chi connectivity index (χ0n) is 15.9. The molecule has 2 heterocycles. The second-order valence-corrected chi connectivity index (χ2v) is 7.43. The molecule has 1 aliphatic heterocycles. The Hall–Kier alpha value is -2.35. The molecule has 5 nitrogen and oxygen atoms in total. The monoisotopic (exact) mass is 395 g/mol. The number of aliphatic hydroxyl groups is 1. The van der Waals surface area contributed by atoms with Crippen molar-refractivity contribution < 1.29 is 23.1 Å². The van der Waals surface area contributed by atoms with Gasteiger partial charge in [-0.1, -0.05) is 30.3 Å². The summed E-state index contributed by atoms with van der Waals surface area (Å²) in [4.78, 5) is 14.2. The summed E-state index contributed by atoms with van der Waals surface area (Å²) >= 11 is 0. The van der Waals surface area contributed by atoms with Gasteiger partial charge in [-0.25, -0.2) is 0 Å². The number of aromatic nitrogens is 2. The number of carbonyl (C=O) groups excluding carboxylic acids is 1. The molecule has 0 aliphatic carbocycles. The molecule has 1 aliphatic rings. The lowest BCUT2D eigenvalue weighted by atomic mass is 9.87. The summed E-state index contributed by atoms with van der Waals surface area (Å²) in [6.07, 6.45) is -3.24. The molecule has 1 unspecified atom stereocenters. The molecule has 1 saturated heterocycles. The zero-order valence-corrected chi connectivity index (χ0v) is 15.9. The van der Waals surface area contributed by atoms with Crippen molar-refractivity contribution in [2.24, 2.45) is 5.92 Å². The standard InChI is InChI=1S/C20H24F3N3O2/c1-13(2)26-18(20(21,22)23)16(12-24-26)19(28)25-10-8-15(9-11-25)17(27)14-6-4-3-5-7-14/h3-7,12-13,15,17,27H,8-11H2,1-2H3. The minimum atomic E-state index is -4.66. The minimum absolute atomic E-state index is 0.0353. The van der Waals surface area contributed by atoms with Gasteiger partial charge in [0, 0.05) is 19.1 Å². The lowest BCUT2D eigenvalue weighted by Crippen LogP contribution is -2.40. The van der Waals surface area contributed by atoms with E-state index in [2.05, 4.69) is 5.10 Å². The van der Waals surface area contributed by atoms with Crippen LogP contribution in [0.3, 0.4) is 0 Å². The van der Waals surface area contributed by atoms with E-state index in [9.17, 15) is 23.1 Å². The molecule has 1 atom stereocenters. The number of carbonyl (C=O) groups is 1. The number of alkyl halides is 3. The Kier molecular flexibility index (Phi) is 5.79. The van der Waals surface area contributed by atoms with Crippen molar-refractivity contribution in [1.82, 2.24) is 14.7 Å². The summed E-state index contributed by atoms with van der Waals surface area (Å²) in [6, 6.07) is 8.75. The number of piperidine rings is 1. The zero-order chi connectivity index (χ0) is 20.5. The molecule has 152 valence electrons. The van der Waals surface area contributed by atoms with Crippen LogP contribution < -0.4 is 0 Å². The Morgan fingerprint density at radius 2 is 1.79 bits per heavy atom. The third kappa shape index (κ3) is 4.06. The van der Waals surface area contributed by atoms with E-state index < -0.39 is 35.5 Å². The fraction of sp³-hybridized carbons (Fsp3) is 0.500. The summed E-state index contributed by atoms with van der Waals surface area (Å²) in [5, 5.41) is 14.3. The number of hydrogen-bond donors (Lipinski definition) is 1. The van der Waals surface area contributed by atoms with Crippen LogP contribution in [0.5, 0.6) is 0 Å². The molecule has 8 heteroatoms. The average molecular weight is 395 g/mol. The first-order valence-corrected chi connectivity index (χ1v) is 9.37. The second kappa shape index (κ2) is 7.95. The Morgan fingerprint density at radius 3 is 2.32 bits per heavy atom. The van der Waals surface area contributed by atoms with Gasteiger partial charge in [0.15, 0.2) is 5.69 Å². The minimum Gasteiger partial charge on any atom is -0.388 e. The third-order valence-electron chi connectivity index (χ3n) is 5.20. The molecule has 1 aromatic heterocycles. The summed E-state index contributed by atoms with van der Waals surface area (Å²) in [5.41, 5.74) is -0.605. The van der Waals surface area contributed by atoms with E-state index >= 15 is 0 Å². The first-order valence-electron chi connectivity index (χ1n) is 9.37. The fourth-order valence-electron chi connectivity index (χ4n) is 3.70. The van der Waals surface area contributed by atoms with Crippen LogP contribution in [0.15, 0.2) is 36.5 Å². The number of benzene rings is 1. The van der Waals surface area contributed by atoms with Gasteiger partial charge >= 0.3 is 6.18 Å². The lowest BCUT2D eigenvalue weighted by Gasteiger charge is -2.34. The Labute approximate surface area is 161 Å². The van der Waals surface area contributed by atoms with Crippen molar-refractivity contribution in [1.29, 1.82) is 0 Å². The van der Waals surface area contributed by atoms with Crippen molar-refractivity contribution in [2.45, 2.75) is 45.0 Å². The average Bonchev–Trinajstić information content (AvgIpc) is 3.14. The highest BCUT2D eigenvalue weighted by Gasteiger charge is 2.42. The molecular formula is C20H24F3N3O2. The SMILES string of the molecule is CC(C)n1ncc(C(=O)N2CCC(C(O)c3ccccc3)CC2)c1C(F)(F)F. The van der Waals surface area contributed by atoms with Crippen LogP contribution in [-0.2, 0) is 6.18 Å². The predicted octanol–water partition coefficient (Wildman–Crippen LogP) is 4.07. The number of rotatable bonds is 4. The van der Waals surface area contributed by atoms with Crippen LogP contribution in [0.1, 0.15) is 60.5 Å². The maximum absolute atomic E-state index is 13.5. The summed E-state index contributed by atoms with van der Waals surface area (Å²) < 4.78 is 41.4. The van der Waals surface area contributed by atoms with Crippen LogP contribution in [0, 0.1) is 5.92 Å². The maximum Gasteiger partial charge on any atom is 0.433 e. The normalized spacial score (nSPS) is 17.2. The quantitative estimate of drug-likeness (QED) is 0.849. The van der Waals surface area contributed by atoms with Gasteiger partial charge in [0.1, 0.15) is 0 Å². The molecule has 0 radical (unpaired) electrons. The second-order valence-electron chi connectivity index (χ2n) is 7.43. The van der Waals surface area contributed by atoms with E-state index in [0.717, 1.165) is 16.4 Å². The molecule has 1 N–H and O–H groups in total. The molecule has 1 fully saturated rings. The van der Waals surface area contributed by atoms with Gasteiger partial charge < -0.3 is 10.0 Å². The first kappa shape index (κ1) is 20.4. The van der Waals surface area contributed by atoms with Crippen molar-refractivity contribution in [2.75, 3.05) is 13.1 Å². The summed E-state index contributed by atoms with van der Waals surface area (Å²) in [7, 11) is 0. The maximum atomic E-state index is 13.5. The lowest BCUT2D eigenvalue weighted by molar-refractivity contribution is -0.145. The van der Waals surface area contributed by atoms with Gasteiger partial charge in [0.25, 0.3) is 5.91 Å². The molecule has 1 amide bonds. The van der Waals surface area contributed by atoms with E-state index in [-0.39, 0.29) is 5.92 Å². The molecule has 2 aromatic rings. The van der Waals surface area contributed by atoms with Gasteiger partial charge in [0.05, 0.1) is 17.9 Å². The highest BCUT2D eigenvalue weighted by Crippen LogP contribution is 2.35. The van der Waals surface area contributed by atoms with Crippen molar-refractivity contribution in [3.63, 3.8) is 0 Å². The molecule has 28 heavy (non-hydrogen) atoms. The Morgan fingerprint density at radius 1 is 1.18 bits per heavy atom. The van der Waals surface area contributed by atoms with E-state index in [1.54, 1.807) is 13.8 Å². The van der Waals surface area contributed by atoms with Crippen molar-refractivity contribution in [3.05, 3.63) is 53.3 Å². The van der Waals surface area contributed by atoms with Crippen molar-refractivity contribution in [3.8, 4) is 0 Å². The number of nitrogens with zero attached hydrogens (tertiary/aromatic N) is 3. The number of halogens is 3. The van der Waals surface area contributed by atoms with Crippen LogP contribution in [0.4, 0.5) is 13.2 Å². The molecule has 0 spiro atoms. The highest BCUT2D eigenvalue weighted by atomic mass is 19.4. The Bertz CT molecular complexity index is 810. The molecule has 0 bridgehead atoms. The molecular weight excluding hydrogens is 371 g/mol. The number of likely N-dealkylation sites (tertiary alicyclic amines) is 1. The Balaban J connectivity index is 1.72. The summed E-state index contributed by atoms with van der Waals surface area (Å²) in [5.74, 6) is -0.696. The van der Waals surface area contributed by atoms with E-state index in [1.807, 2.05) is 30.3 Å². The number of hydrogen-bond acceptors (Lipinski definition) is 3. The van der Waals surface area contributed by atoms with Gasteiger partial charge in [-0.05, 0) is 38.2 Å².